The average molecular weight is 585 g/mol. The maximum absolute atomic E-state index is 7.67. The van der Waals surface area contributed by atoms with Crippen molar-refractivity contribution in [3.05, 3.63) is 0 Å². The zero-order valence-electron chi connectivity index (χ0n) is 28.4. The Morgan fingerprint density at radius 3 is 0.649 bits per heavy atom. The molecule has 0 saturated carbocycles. The van der Waals surface area contributed by atoms with Gasteiger partial charge in [0.05, 0.1) is 0 Å². The molecular weight excluding hydrogens is 512 g/mol. The first-order valence-corrected chi connectivity index (χ1v) is 24.8. The van der Waals surface area contributed by atoms with Crippen LogP contribution in [0.2, 0.25) is 0 Å². The van der Waals surface area contributed by atoms with Crippen molar-refractivity contribution in [2.75, 3.05) is 73.9 Å². The monoisotopic (exact) mass is 584 g/mol. The van der Waals surface area contributed by atoms with Gasteiger partial charge in [-0.1, -0.05) is 0 Å². The van der Waals surface area contributed by atoms with E-state index in [0.29, 0.717) is 17.8 Å². The normalized spacial score (nSPS) is 16.9. The molecule has 0 rings (SSSR count). The first-order chi connectivity index (χ1) is 17.0. The summed E-state index contributed by atoms with van der Waals surface area (Å²) in [5.74, 6) is 1.80. The Kier molecular flexibility index (Phi) is 14.9. The minimum absolute atomic E-state index is 0.538. The molecule has 0 aromatic carbocycles. The molecule has 228 valence electrons. The van der Waals surface area contributed by atoms with Gasteiger partial charge in [-0.25, -0.2) is 0 Å². The van der Waals surface area contributed by atoms with Crippen molar-refractivity contribution in [1.82, 2.24) is 0 Å². The molecule has 0 aliphatic heterocycles. The van der Waals surface area contributed by atoms with E-state index in [1.807, 2.05) is 0 Å². The summed E-state index contributed by atoms with van der Waals surface area (Å²) in [5.41, 5.74) is 0. The summed E-state index contributed by atoms with van der Waals surface area (Å²) in [4.78, 5) is 0. The zero-order valence-corrected chi connectivity index (χ0v) is 31.0. The molecule has 0 heterocycles. The Morgan fingerprint density at radius 1 is 0.378 bits per heavy atom. The Bertz CT molecular complexity index is 548. The van der Waals surface area contributed by atoms with Gasteiger partial charge in [0, 0.05) is 0 Å². The third-order valence-electron chi connectivity index (χ3n) is 10.8. The second-order valence-corrected chi connectivity index (χ2v) is 32.3. The van der Waals surface area contributed by atoms with E-state index in [0.717, 1.165) is 73.9 Å². The van der Waals surface area contributed by atoms with Gasteiger partial charge in [-0.2, -0.15) is 0 Å². The third-order valence-corrected chi connectivity index (χ3v) is 32.5. The minimum atomic E-state index is -2.53. The van der Waals surface area contributed by atoms with E-state index >= 15 is 0 Å². The van der Waals surface area contributed by atoms with Crippen LogP contribution >= 0.6 is 20.5 Å². The first kappa shape index (κ1) is 38.2. The predicted octanol–water partition coefficient (Wildman–Crippen LogP) is 10.6. The van der Waals surface area contributed by atoms with Crippen LogP contribution in [0.25, 0.3) is 0 Å². The van der Waals surface area contributed by atoms with E-state index < -0.39 is 27.8 Å². The van der Waals surface area contributed by atoms with Crippen LogP contribution in [-0.2, 0) is 13.3 Å². The molecular formula is C30H72BO3P3. The molecule has 0 unspecified atom stereocenters. The van der Waals surface area contributed by atoms with Gasteiger partial charge in [0.1, 0.15) is 0 Å². The molecule has 0 aromatic heterocycles. The summed E-state index contributed by atoms with van der Waals surface area (Å²) in [6, 6.07) is 0. The molecule has 37 heavy (non-hydrogen) atoms. The quantitative estimate of drug-likeness (QED) is 0.0992. The Labute approximate surface area is 236 Å². The van der Waals surface area contributed by atoms with Crippen LogP contribution in [0.5, 0.6) is 0 Å². The zero-order chi connectivity index (χ0) is 29.3. The average Bonchev–Trinajstić information content (AvgIpc) is 2.87. The van der Waals surface area contributed by atoms with Crippen molar-refractivity contribution in [3.63, 3.8) is 0 Å². The number of hydrogen-bond donors (Lipinski definition) is 0. The van der Waals surface area contributed by atoms with Crippen molar-refractivity contribution in [1.29, 1.82) is 0 Å². The van der Waals surface area contributed by atoms with Gasteiger partial charge in [0.25, 0.3) is 0 Å². The molecule has 7 heteroatoms. The molecule has 0 aromatic rings. The SMILES string of the molecule is CCP(CC)(CC)(CC(C)C)OB(OP(CC)(CC)(CC)CC(C)C)OP(CC)(CC)(CC)CC(C)C. The topological polar surface area (TPSA) is 27.7 Å². The summed E-state index contributed by atoms with van der Waals surface area (Å²) < 4.78 is 23.0. The molecule has 0 saturated heterocycles. The molecule has 0 aliphatic rings. The van der Waals surface area contributed by atoms with Gasteiger partial charge in [-0.05, 0) is 0 Å². The van der Waals surface area contributed by atoms with Crippen molar-refractivity contribution < 1.29 is 13.3 Å². The number of rotatable bonds is 21. The van der Waals surface area contributed by atoms with E-state index in [1.165, 1.54) is 0 Å². The van der Waals surface area contributed by atoms with E-state index in [2.05, 4.69) is 104 Å². The molecule has 0 aliphatic carbocycles. The van der Waals surface area contributed by atoms with Gasteiger partial charge in [-0.15, -0.1) is 0 Å². The summed E-state index contributed by atoms with van der Waals surface area (Å²) >= 11 is 0. The van der Waals surface area contributed by atoms with Crippen LogP contribution in [0.3, 0.4) is 0 Å². The molecule has 3 nitrogen and oxygen atoms in total. The number of hydrogen-bond acceptors (Lipinski definition) is 3. The van der Waals surface area contributed by atoms with Crippen LogP contribution in [0.4, 0.5) is 0 Å². The molecule has 0 spiro atoms. The Balaban J connectivity index is 7.30. The van der Waals surface area contributed by atoms with Crippen LogP contribution in [0.15, 0.2) is 0 Å². The van der Waals surface area contributed by atoms with E-state index in [9.17, 15) is 0 Å². The molecule has 0 bridgehead atoms. The van der Waals surface area contributed by atoms with E-state index in [-0.39, 0.29) is 0 Å². The van der Waals surface area contributed by atoms with Crippen LogP contribution in [0, 0.1) is 17.8 Å². The van der Waals surface area contributed by atoms with Gasteiger partial charge >= 0.3 is 237 Å². The maximum atomic E-state index is 7.67. The fourth-order valence-electron chi connectivity index (χ4n) is 7.53. The first-order valence-electron chi connectivity index (χ1n) is 16.1. The van der Waals surface area contributed by atoms with Gasteiger partial charge in [0.2, 0.25) is 0 Å². The molecule has 0 radical (unpaired) electrons. The van der Waals surface area contributed by atoms with Crippen LogP contribution < -0.4 is 0 Å². The van der Waals surface area contributed by atoms with Crippen LogP contribution in [0.1, 0.15) is 104 Å². The fourth-order valence-corrected chi connectivity index (χ4v) is 22.9. The van der Waals surface area contributed by atoms with Crippen molar-refractivity contribution in [2.45, 2.75) is 104 Å². The summed E-state index contributed by atoms with van der Waals surface area (Å²) in [6.07, 6.45) is 13.4. The van der Waals surface area contributed by atoms with Gasteiger partial charge < -0.3 is 0 Å². The molecule has 0 fully saturated rings. The van der Waals surface area contributed by atoms with Gasteiger partial charge in [-0.3, -0.25) is 0 Å². The summed E-state index contributed by atoms with van der Waals surface area (Å²) in [5, 5.41) is 0. The third kappa shape index (κ3) is 8.62. The standard InChI is InChI=1S/C30H72BO3P3/c1-16-35(17-2,18-3,25-28(10)11)32-31(33-36(19-4,20-5,21-6)26-29(12)13)34-37(22-7,23-8,24-9)27-30(14)15/h28-30H,16-27H2,1-15H3. The van der Waals surface area contributed by atoms with Crippen LogP contribution in [-0.4, -0.2) is 81.3 Å². The Morgan fingerprint density at radius 2 is 0.541 bits per heavy atom. The predicted molar refractivity (Wildman–Crippen MR) is 184 cm³/mol. The van der Waals surface area contributed by atoms with Crippen molar-refractivity contribution in [2.24, 2.45) is 17.8 Å². The molecule has 0 N–H and O–H groups in total. The van der Waals surface area contributed by atoms with Crippen molar-refractivity contribution >= 4 is 27.8 Å². The van der Waals surface area contributed by atoms with Crippen molar-refractivity contribution in [3.8, 4) is 0 Å². The molecule has 0 amide bonds. The van der Waals surface area contributed by atoms with E-state index in [1.54, 1.807) is 0 Å². The summed E-state index contributed by atoms with van der Waals surface area (Å²) in [6.45, 7) is 28.1. The second kappa shape index (κ2) is 14.4. The van der Waals surface area contributed by atoms with E-state index in [4.69, 9.17) is 13.3 Å². The Hall–Kier alpha value is 1.23. The fraction of sp³-hybridized carbons (Fsp3) is 1.00. The summed E-state index contributed by atoms with van der Waals surface area (Å²) in [7, 11) is -0.538. The second-order valence-electron chi connectivity index (χ2n) is 13.8. The molecule has 0 atom stereocenters. The van der Waals surface area contributed by atoms with Gasteiger partial charge in [0.15, 0.2) is 0 Å².